The van der Waals surface area contributed by atoms with Crippen molar-refractivity contribution in [1.29, 1.82) is 0 Å². The van der Waals surface area contributed by atoms with Crippen LogP contribution in [0.25, 0.3) is 0 Å². The second-order valence-corrected chi connectivity index (χ2v) is 6.16. The first-order chi connectivity index (χ1) is 12.5. The number of ether oxygens (including phenoxy) is 2. The first-order valence-corrected chi connectivity index (χ1v) is 8.65. The Morgan fingerprint density at radius 2 is 2.00 bits per heavy atom. The molecule has 0 atom stereocenters. The van der Waals surface area contributed by atoms with E-state index in [4.69, 9.17) is 9.47 Å². The molecule has 0 bridgehead atoms. The molecule has 0 spiro atoms. The largest absolute Gasteiger partial charge is 0.493 e. The van der Waals surface area contributed by atoms with Gasteiger partial charge in [-0.15, -0.1) is 0 Å². The van der Waals surface area contributed by atoms with Crippen LogP contribution in [0.15, 0.2) is 30.3 Å². The number of anilines is 1. The van der Waals surface area contributed by atoms with Crippen LogP contribution < -0.4 is 14.4 Å². The summed E-state index contributed by atoms with van der Waals surface area (Å²) in [6, 6.07) is 6.96. The number of carbonyl (C=O) groups is 1. The van der Waals surface area contributed by atoms with Gasteiger partial charge in [0.2, 0.25) is 0 Å². The van der Waals surface area contributed by atoms with Crippen molar-refractivity contribution < 1.29 is 23.0 Å². The molecule has 1 heterocycles. The molecule has 6 heteroatoms. The SMILES string of the molecule is CCCCOc1ccc(C(=O)N2CCc3c(F)cc(F)cc32)cc1OC. The highest BCUT2D eigenvalue weighted by molar-refractivity contribution is 6.07. The van der Waals surface area contributed by atoms with E-state index in [0.717, 1.165) is 18.9 Å². The third-order valence-electron chi connectivity index (χ3n) is 4.42. The minimum atomic E-state index is -0.696. The average Bonchev–Trinajstić information content (AvgIpc) is 3.05. The summed E-state index contributed by atoms with van der Waals surface area (Å²) in [7, 11) is 1.51. The predicted octanol–water partition coefficient (Wildman–Crippen LogP) is 4.36. The molecular weight excluding hydrogens is 340 g/mol. The Morgan fingerprint density at radius 1 is 1.19 bits per heavy atom. The van der Waals surface area contributed by atoms with E-state index in [1.165, 1.54) is 18.1 Å². The molecule has 0 radical (unpaired) electrons. The number of halogens is 2. The number of hydrogen-bond acceptors (Lipinski definition) is 3. The molecule has 2 aromatic carbocycles. The van der Waals surface area contributed by atoms with Crippen molar-refractivity contribution in [3.8, 4) is 11.5 Å². The Hall–Kier alpha value is -2.63. The highest BCUT2D eigenvalue weighted by Gasteiger charge is 2.29. The van der Waals surface area contributed by atoms with Gasteiger partial charge in [-0.1, -0.05) is 13.3 Å². The third-order valence-corrected chi connectivity index (χ3v) is 4.42. The fraction of sp³-hybridized carbons (Fsp3) is 0.350. The van der Waals surface area contributed by atoms with Crippen molar-refractivity contribution in [3.63, 3.8) is 0 Å². The van der Waals surface area contributed by atoms with Crippen LogP contribution in [0.4, 0.5) is 14.5 Å². The lowest BCUT2D eigenvalue weighted by Crippen LogP contribution is -2.29. The maximum Gasteiger partial charge on any atom is 0.258 e. The molecule has 26 heavy (non-hydrogen) atoms. The Kier molecular flexibility index (Phi) is 5.40. The van der Waals surface area contributed by atoms with Gasteiger partial charge in [0.15, 0.2) is 11.5 Å². The standard InChI is InChI=1S/C20H21F2NO3/c1-3-4-9-26-18-6-5-13(10-19(18)25-2)20(24)23-8-7-15-16(22)11-14(21)12-17(15)23/h5-6,10-12H,3-4,7-9H2,1-2H3. The number of nitrogens with zero attached hydrogens (tertiary/aromatic N) is 1. The van der Waals surface area contributed by atoms with Gasteiger partial charge in [-0.05, 0) is 37.1 Å². The van der Waals surface area contributed by atoms with Gasteiger partial charge in [0.1, 0.15) is 11.6 Å². The van der Waals surface area contributed by atoms with E-state index in [1.807, 2.05) is 0 Å². The number of amides is 1. The smallest absolute Gasteiger partial charge is 0.258 e. The second-order valence-electron chi connectivity index (χ2n) is 6.16. The number of rotatable bonds is 6. The fourth-order valence-corrected chi connectivity index (χ4v) is 3.04. The maximum absolute atomic E-state index is 13.9. The summed E-state index contributed by atoms with van der Waals surface area (Å²) in [5, 5.41) is 0. The van der Waals surface area contributed by atoms with Gasteiger partial charge in [0, 0.05) is 23.7 Å². The molecule has 0 saturated heterocycles. The molecule has 0 aliphatic carbocycles. The lowest BCUT2D eigenvalue weighted by molar-refractivity contribution is 0.0989. The monoisotopic (exact) mass is 361 g/mol. The van der Waals surface area contributed by atoms with Crippen molar-refractivity contribution >= 4 is 11.6 Å². The Bertz CT molecular complexity index is 823. The minimum Gasteiger partial charge on any atom is -0.493 e. The van der Waals surface area contributed by atoms with E-state index < -0.39 is 11.6 Å². The molecule has 0 unspecified atom stereocenters. The van der Waals surface area contributed by atoms with Gasteiger partial charge in [-0.25, -0.2) is 8.78 Å². The highest BCUT2D eigenvalue weighted by atomic mass is 19.1. The van der Waals surface area contributed by atoms with Gasteiger partial charge in [0.05, 0.1) is 19.4 Å². The molecule has 2 aromatic rings. The van der Waals surface area contributed by atoms with Crippen molar-refractivity contribution in [2.75, 3.05) is 25.2 Å². The van der Waals surface area contributed by atoms with Gasteiger partial charge < -0.3 is 14.4 Å². The molecule has 1 amide bonds. The zero-order valence-electron chi connectivity index (χ0n) is 14.9. The lowest BCUT2D eigenvalue weighted by Gasteiger charge is -2.19. The summed E-state index contributed by atoms with van der Waals surface area (Å²) in [6.45, 7) is 2.95. The number of hydrogen-bond donors (Lipinski definition) is 0. The predicted molar refractivity (Wildman–Crippen MR) is 95.1 cm³/mol. The fourth-order valence-electron chi connectivity index (χ4n) is 3.04. The molecule has 1 aliphatic heterocycles. The summed E-state index contributed by atoms with van der Waals surface area (Å²) in [4.78, 5) is 14.3. The van der Waals surface area contributed by atoms with Crippen molar-refractivity contribution in [2.24, 2.45) is 0 Å². The molecule has 138 valence electrons. The topological polar surface area (TPSA) is 38.8 Å². The molecule has 0 aromatic heterocycles. The van der Waals surface area contributed by atoms with E-state index in [2.05, 4.69) is 6.92 Å². The summed E-state index contributed by atoms with van der Waals surface area (Å²) >= 11 is 0. The molecule has 0 N–H and O–H groups in total. The normalized spacial score (nSPS) is 12.8. The van der Waals surface area contributed by atoms with Crippen LogP contribution in [-0.4, -0.2) is 26.2 Å². The zero-order valence-corrected chi connectivity index (χ0v) is 14.9. The third kappa shape index (κ3) is 3.49. The van der Waals surface area contributed by atoms with Crippen LogP contribution in [0.5, 0.6) is 11.5 Å². The first kappa shape index (κ1) is 18.2. The van der Waals surface area contributed by atoms with Crippen LogP contribution in [-0.2, 0) is 6.42 Å². The lowest BCUT2D eigenvalue weighted by atomic mass is 10.1. The highest BCUT2D eigenvalue weighted by Crippen LogP contribution is 2.34. The van der Waals surface area contributed by atoms with Crippen LogP contribution in [0.3, 0.4) is 0 Å². The molecule has 3 rings (SSSR count). The summed E-state index contributed by atoms with van der Waals surface area (Å²) < 4.78 is 38.5. The van der Waals surface area contributed by atoms with Gasteiger partial charge in [0.25, 0.3) is 5.91 Å². The molecule has 0 fully saturated rings. The molecule has 0 saturated carbocycles. The second kappa shape index (κ2) is 7.72. The molecular formula is C20H21F2NO3. The summed E-state index contributed by atoms with van der Waals surface area (Å²) in [5.41, 5.74) is 1.03. The summed E-state index contributed by atoms with van der Waals surface area (Å²) in [5.74, 6) is -0.619. The summed E-state index contributed by atoms with van der Waals surface area (Å²) in [6.07, 6.45) is 2.30. The number of benzene rings is 2. The zero-order chi connectivity index (χ0) is 18.7. The number of fused-ring (bicyclic) bond motifs is 1. The van der Waals surface area contributed by atoms with Crippen LogP contribution in [0.1, 0.15) is 35.7 Å². The quantitative estimate of drug-likeness (QED) is 0.718. The number of methoxy groups -OCH3 is 1. The number of unbranched alkanes of at least 4 members (excludes halogenated alkanes) is 1. The van der Waals surface area contributed by atoms with Crippen LogP contribution >= 0.6 is 0 Å². The Balaban J connectivity index is 1.86. The van der Waals surface area contributed by atoms with E-state index >= 15 is 0 Å². The van der Waals surface area contributed by atoms with Crippen molar-refractivity contribution in [1.82, 2.24) is 0 Å². The van der Waals surface area contributed by atoms with E-state index in [9.17, 15) is 13.6 Å². The van der Waals surface area contributed by atoms with E-state index in [-0.39, 0.29) is 11.6 Å². The van der Waals surface area contributed by atoms with E-state index in [0.29, 0.717) is 42.2 Å². The van der Waals surface area contributed by atoms with Crippen molar-refractivity contribution in [2.45, 2.75) is 26.2 Å². The molecule has 4 nitrogen and oxygen atoms in total. The van der Waals surface area contributed by atoms with Crippen LogP contribution in [0, 0.1) is 11.6 Å². The number of carbonyl (C=O) groups excluding carboxylic acids is 1. The first-order valence-electron chi connectivity index (χ1n) is 8.65. The van der Waals surface area contributed by atoms with Crippen molar-refractivity contribution in [3.05, 3.63) is 53.1 Å². The molecule has 1 aliphatic rings. The Labute approximate surface area is 151 Å². The van der Waals surface area contributed by atoms with Crippen LogP contribution in [0.2, 0.25) is 0 Å². The van der Waals surface area contributed by atoms with Gasteiger partial charge >= 0.3 is 0 Å². The van der Waals surface area contributed by atoms with Gasteiger partial charge in [-0.3, -0.25) is 4.79 Å². The average molecular weight is 361 g/mol. The van der Waals surface area contributed by atoms with E-state index in [1.54, 1.807) is 18.2 Å². The maximum atomic E-state index is 13.9. The minimum absolute atomic E-state index is 0.287. The Morgan fingerprint density at radius 3 is 2.73 bits per heavy atom. The van der Waals surface area contributed by atoms with Gasteiger partial charge in [-0.2, -0.15) is 0 Å².